The van der Waals surface area contributed by atoms with E-state index in [4.69, 9.17) is 10.8 Å². The van der Waals surface area contributed by atoms with E-state index in [1.807, 2.05) is 0 Å². The van der Waals surface area contributed by atoms with Crippen molar-refractivity contribution in [3.63, 3.8) is 0 Å². The van der Waals surface area contributed by atoms with Gasteiger partial charge in [-0.2, -0.15) is 21.6 Å². The Bertz CT molecular complexity index is 646. The van der Waals surface area contributed by atoms with Gasteiger partial charge in [0, 0.05) is 13.6 Å². The second kappa shape index (κ2) is 7.15. The van der Waals surface area contributed by atoms with Gasteiger partial charge in [0.25, 0.3) is 0 Å². The summed E-state index contributed by atoms with van der Waals surface area (Å²) >= 11 is 0. The molecule has 0 aliphatic rings. The van der Waals surface area contributed by atoms with Gasteiger partial charge in [0.15, 0.2) is 0 Å². The first-order valence-electron chi connectivity index (χ1n) is 6.21. The van der Waals surface area contributed by atoms with Crippen LogP contribution in [0.2, 0.25) is 0 Å². The van der Waals surface area contributed by atoms with Crippen molar-refractivity contribution in [2.24, 2.45) is 5.73 Å². The highest BCUT2D eigenvalue weighted by Crippen LogP contribution is 2.27. The van der Waals surface area contributed by atoms with Crippen molar-refractivity contribution in [3.05, 3.63) is 29.8 Å². The summed E-state index contributed by atoms with van der Waals surface area (Å²) in [4.78, 5) is 13.1. The van der Waals surface area contributed by atoms with E-state index >= 15 is 0 Å². The first-order valence-corrected chi connectivity index (χ1v) is 7.62. The highest BCUT2D eigenvalue weighted by atomic mass is 32.2. The zero-order chi connectivity index (χ0) is 17.8. The van der Waals surface area contributed by atoms with Gasteiger partial charge in [-0.15, -0.1) is 0 Å². The summed E-state index contributed by atoms with van der Waals surface area (Å²) in [6.07, 6.45) is 0. The lowest BCUT2D eigenvalue weighted by molar-refractivity contribution is -0.131. The van der Waals surface area contributed by atoms with E-state index in [1.54, 1.807) is 0 Å². The summed E-state index contributed by atoms with van der Waals surface area (Å²) in [6.45, 7) is -0.186. The minimum atomic E-state index is -5.76. The maximum absolute atomic E-state index is 12.2. The van der Waals surface area contributed by atoms with Crippen molar-refractivity contribution >= 4 is 16.0 Å². The molecule has 0 spiro atoms. The fourth-order valence-corrected chi connectivity index (χ4v) is 2.00. The lowest BCUT2D eigenvalue weighted by atomic mass is 10.1. The molecule has 0 radical (unpaired) electrons. The fourth-order valence-electron chi connectivity index (χ4n) is 1.54. The first-order chi connectivity index (χ1) is 10.5. The Hall–Kier alpha value is -1.85. The van der Waals surface area contributed by atoms with Crippen LogP contribution in [0, 0.1) is 0 Å². The summed E-state index contributed by atoms with van der Waals surface area (Å²) in [5, 5.41) is 8.75. The molecule has 0 bridgehead atoms. The number of carbonyl (C=O) groups is 1. The van der Waals surface area contributed by atoms with Crippen molar-refractivity contribution in [2.45, 2.75) is 11.6 Å². The predicted molar refractivity (Wildman–Crippen MR) is 73.7 cm³/mol. The van der Waals surface area contributed by atoms with E-state index in [1.165, 1.54) is 24.1 Å². The Balaban J connectivity index is 2.87. The number of nitrogens with zero attached hydrogens (tertiary/aromatic N) is 1. The van der Waals surface area contributed by atoms with Crippen LogP contribution in [0.3, 0.4) is 0 Å². The van der Waals surface area contributed by atoms with Crippen molar-refractivity contribution in [1.29, 1.82) is 0 Å². The van der Waals surface area contributed by atoms with Gasteiger partial charge in [-0.3, -0.25) is 4.79 Å². The Kier molecular flexibility index (Phi) is 5.97. The first kappa shape index (κ1) is 19.2. The molecule has 1 atom stereocenters. The maximum Gasteiger partial charge on any atom is 0.534 e. The van der Waals surface area contributed by atoms with E-state index in [2.05, 4.69) is 4.18 Å². The summed E-state index contributed by atoms with van der Waals surface area (Å²) < 4.78 is 62.2. The van der Waals surface area contributed by atoms with Gasteiger partial charge in [-0.25, -0.2) is 0 Å². The smallest absolute Gasteiger partial charge is 0.395 e. The average molecular weight is 356 g/mol. The predicted octanol–water partition coefficient (Wildman–Crippen LogP) is 0.366. The van der Waals surface area contributed by atoms with Gasteiger partial charge < -0.3 is 19.9 Å². The molecule has 3 N–H and O–H groups in total. The number of nitrogens with two attached hydrogens (primary N) is 1. The number of rotatable bonds is 6. The van der Waals surface area contributed by atoms with E-state index in [9.17, 15) is 26.4 Å². The van der Waals surface area contributed by atoms with Crippen molar-refractivity contribution in [1.82, 2.24) is 4.90 Å². The largest absolute Gasteiger partial charge is 0.534 e. The number of aliphatic hydroxyl groups is 1. The van der Waals surface area contributed by atoms with Crippen LogP contribution in [0.4, 0.5) is 13.2 Å². The third kappa shape index (κ3) is 4.81. The van der Waals surface area contributed by atoms with Crippen LogP contribution in [0.15, 0.2) is 24.3 Å². The second-order valence-electron chi connectivity index (χ2n) is 4.51. The molecule has 1 rings (SSSR count). The van der Waals surface area contributed by atoms with E-state index < -0.39 is 33.3 Å². The second-order valence-corrected chi connectivity index (χ2v) is 6.05. The van der Waals surface area contributed by atoms with E-state index in [0.717, 1.165) is 12.1 Å². The third-order valence-electron chi connectivity index (χ3n) is 2.81. The molecule has 0 aliphatic carbocycles. The fraction of sp³-hybridized carbons (Fsp3) is 0.417. The summed E-state index contributed by atoms with van der Waals surface area (Å²) in [7, 11) is -4.33. The molecule has 0 aromatic heterocycles. The molecule has 0 unspecified atom stereocenters. The molecular formula is C12H15F3N2O5S. The molecule has 11 heteroatoms. The van der Waals surface area contributed by atoms with Crippen molar-refractivity contribution in [3.8, 4) is 5.75 Å². The molecule has 130 valence electrons. The molecule has 1 aromatic rings. The molecule has 1 amide bonds. The molecule has 0 saturated carbocycles. The number of hydrogen-bond acceptors (Lipinski definition) is 6. The van der Waals surface area contributed by atoms with Gasteiger partial charge in [-0.05, 0) is 17.7 Å². The Morgan fingerprint density at radius 3 is 2.30 bits per heavy atom. The number of hydrogen-bond donors (Lipinski definition) is 2. The Morgan fingerprint density at radius 1 is 1.35 bits per heavy atom. The lowest BCUT2D eigenvalue weighted by Gasteiger charge is -2.20. The van der Waals surface area contributed by atoms with Gasteiger partial charge in [0.1, 0.15) is 11.8 Å². The summed E-state index contributed by atoms with van der Waals surface area (Å²) in [6, 6.07) is 3.16. The van der Waals surface area contributed by atoms with Gasteiger partial charge in [0.2, 0.25) is 5.91 Å². The summed E-state index contributed by atoms with van der Waals surface area (Å²) in [5.74, 6) is -1.08. The maximum atomic E-state index is 12.2. The number of aliphatic hydroxyl groups excluding tert-OH is 1. The van der Waals surface area contributed by atoms with E-state index in [0.29, 0.717) is 0 Å². The number of likely N-dealkylation sites (N-methyl/N-ethyl adjacent to an activating group) is 1. The van der Waals surface area contributed by atoms with Crippen LogP contribution < -0.4 is 9.92 Å². The molecule has 0 saturated heterocycles. The number of benzene rings is 1. The number of amides is 1. The van der Waals surface area contributed by atoms with Gasteiger partial charge in [-0.1, -0.05) is 12.1 Å². The molecular weight excluding hydrogens is 341 g/mol. The molecule has 1 aromatic carbocycles. The molecule has 0 heterocycles. The molecule has 7 nitrogen and oxygen atoms in total. The van der Waals surface area contributed by atoms with Crippen LogP contribution in [0.5, 0.6) is 5.75 Å². The molecule has 0 aliphatic heterocycles. The molecule has 0 fully saturated rings. The SMILES string of the molecule is CN(CCO)C(=O)[C@@H](N)c1ccc(OS(=O)(=O)C(F)(F)F)cc1. The number of carbonyl (C=O) groups excluding carboxylic acids is 1. The monoisotopic (exact) mass is 356 g/mol. The van der Waals surface area contributed by atoms with Gasteiger partial charge in [0.05, 0.1) is 6.61 Å². The van der Waals surface area contributed by atoms with Crippen LogP contribution in [0.1, 0.15) is 11.6 Å². The van der Waals surface area contributed by atoms with Crippen LogP contribution in [-0.4, -0.2) is 50.0 Å². The minimum absolute atomic E-state index is 0.0670. The van der Waals surface area contributed by atoms with E-state index in [-0.39, 0.29) is 18.7 Å². The molecule has 23 heavy (non-hydrogen) atoms. The third-order valence-corrected chi connectivity index (χ3v) is 3.79. The normalized spacial score (nSPS) is 13.5. The quantitative estimate of drug-likeness (QED) is 0.563. The lowest BCUT2D eigenvalue weighted by Crippen LogP contribution is -2.37. The number of halogens is 3. The number of alkyl halides is 3. The van der Waals surface area contributed by atoms with Crippen LogP contribution >= 0.6 is 0 Å². The zero-order valence-corrected chi connectivity index (χ0v) is 12.8. The Morgan fingerprint density at radius 2 is 1.87 bits per heavy atom. The Labute approximate surface area is 130 Å². The van der Waals surface area contributed by atoms with Crippen molar-refractivity contribution in [2.75, 3.05) is 20.2 Å². The highest BCUT2D eigenvalue weighted by Gasteiger charge is 2.48. The van der Waals surface area contributed by atoms with Crippen molar-refractivity contribution < 1.29 is 35.7 Å². The summed E-state index contributed by atoms with van der Waals surface area (Å²) in [5.41, 5.74) is 0.415. The highest BCUT2D eigenvalue weighted by molar-refractivity contribution is 7.87. The average Bonchev–Trinajstić information content (AvgIpc) is 2.45. The zero-order valence-electron chi connectivity index (χ0n) is 11.9. The van der Waals surface area contributed by atoms with Gasteiger partial charge >= 0.3 is 15.6 Å². The van der Waals surface area contributed by atoms with Crippen LogP contribution in [0.25, 0.3) is 0 Å². The standard InChI is InChI=1S/C12H15F3N2O5S/c1-17(6-7-18)11(19)10(16)8-2-4-9(5-3-8)22-23(20,21)12(13,14)15/h2-5,10,18H,6-7,16H2,1H3/t10-/m0/s1. The minimum Gasteiger partial charge on any atom is -0.395 e. The topological polar surface area (TPSA) is 110 Å². The van der Waals surface area contributed by atoms with Crippen LogP contribution in [-0.2, 0) is 14.9 Å².